The molecule has 0 spiro atoms. The first-order valence-electron chi connectivity index (χ1n) is 6.03. The Hall–Kier alpha value is -0.620. The van der Waals surface area contributed by atoms with Gasteiger partial charge in [-0.25, -0.2) is 14.3 Å². The average Bonchev–Trinajstić information content (AvgIpc) is 2.25. The van der Waals surface area contributed by atoms with Gasteiger partial charge in [0.25, 0.3) is 0 Å². The minimum absolute atomic E-state index is 0.204. The molecule has 0 saturated heterocycles. The first-order valence-corrected chi connectivity index (χ1v) is 7.92. The van der Waals surface area contributed by atoms with Crippen LogP contribution in [0.1, 0.15) is 46.0 Å². The Labute approximate surface area is 104 Å². The van der Waals surface area contributed by atoms with Crippen LogP contribution in [0.2, 0.25) is 0 Å². The van der Waals surface area contributed by atoms with Gasteiger partial charge in [0.1, 0.15) is 10.6 Å². The lowest BCUT2D eigenvalue weighted by Gasteiger charge is -2.27. The number of hydrazine groups is 1. The van der Waals surface area contributed by atoms with E-state index in [4.69, 9.17) is 5.84 Å². The molecule has 0 heterocycles. The van der Waals surface area contributed by atoms with Crippen molar-refractivity contribution in [3.05, 3.63) is 0 Å². The second-order valence-corrected chi connectivity index (χ2v) is 7.76. The average molecular weight is 261 g/mol. The molecule has 1 saturated carbocycles. The maximum atomic E-state index is 11.7. The molecule has 3 N–H and O–H groups in total. The van der Waals surface area contributed by atoms with Gasteiger partial charge in [0.15, 0.2) is 9.84 Å². The van der Waals surface area contributed by atoms with Gasteiger partial charge in [0.2, 0.25) is 0 Å². The number of amidine groups is 1. The van der Waals surface area contributed by atoms with Crippen molar-refractivity contribution in [3.8, 4) is 0 Å². The second kappa shape index (κ2) is 5.35. The standard InChI is InChI=1S/C11H23N3O2S/c1-11(2,17(3,15)16)10(14-12)13-9-7-5-4-6-8-9/h9H,4-8,12H2,1-3H3,(H,13,14). The molecule has 0 aromatic carbocycles. The van der Waals surface area contributed by atoms with Crippen molar-refractivity contribution in [2.24, 2.45) is 10.8 Å². The summed E-state index contributed by atoms with van der Waals surface area (Å²) < 4.78 is 22.4. The van der Waals surface area contributed by atoms with Crippen molar-refractivity contribution < 1.29 is 8.42 Å². The monoisotopic (exact) mass is 261 g/mol. The van der Waals surface area contributed by atoms with Crippen LogP contribution in [-0.2, 0) is 9.84 Å². The third kappa shape index (κ3) is 3.42. The smallest absolute Gasteiger partial charge is 0.159 e. The number of hydrogen-bond acceptors (Lipinski definition) is 4. The zero-order valence-corrected chi connectivity index (χ0v) is 11.7. The van der Waals surface area contributed by atoms with E-state index in [1.165, 1.54) is 12.7 Å². The van der Waals surface area contributed by atoms with Crippen LogP contribution in [0.3, 0.4) is 0 Å². The van der Waals surface area contributed by atoms with Crippen LogP contribution in [0.15, 0.2) is 4.99 Å². The van der Waals surface area contributed by atoms with Gasteiger partial charge in [-0.1, -0.05) is 19.3 Å². The zero-order chi connectivity index (χ0) is 13.1. The highest BCUT2D eigenvalue weighted by molar-refractivity contribution is 7.92. The van der Waals surface area contributed by atoms with Crippen molar-refractivity contribution >= 4 is 15.7 Å². The highest BCUT2D eigenvalue weighted by Crippen LogP contribution is 2.23. The van der Waals surface area contributed by atoms with E-state index >= 15 is 0 Å². The Morgan fingerprint density at radius 2 is 1.82 bits per heavy atom. The molecule has 1 aliphatic carbocycles. The van der Waals surface area contributed by atoms with Gasteiger partial charge in [0.05, 0.1) is 6.04 Å². The van der Waals surface area contributed by atoms with E-state index in [1.807, 2.05) is 0 Å². The fourth-order valence-electron chi connectivity index (χ4n) is 1.93. The van der Waals surface area contributed by atoms with Crippen LogP contribution >= 0.6 is 0 Å². The minimum atomic E-state index is -3.24. The first-order chi connectivity index (χ1) is 7.79. The second-order valence-electron chi connectivity index (χ2n) is 5.20. The van der Waals surface area contributed by atoms with Crippen LogP contribution in [0.4, 0.5) is 0 Å². The highest BCUT2D eigenvalue weighted by Gasteiger charge is 2.36. The van der Waals surface area contributed by atoms with Crippen LogP contribution in [0, 0.1) is 0 Å². The molecule has 0 bridgehead atoms. The highest BCUT2D eigenvalue weighted by atomic mass is 32.2. The van der Waals surface area contributed by atoms with Gasteiger partial charge in [0, 0.05) is 6.26 Å². The Balaban J connectivity index is 2.93. The van der Waals surface area contributed by atoms with E-state index in [0.717, 1.165) is 25.7 Å². The summed E-state index contributed by atoms with van der Waals surface area (Å²) in [5.41, 5.74) is 2.47. The Bertz CT molecular complexity index is 382. The molecule has 0 unspecified atom stereocenters. The molecule has 0 atom stereocenters. The molecule has 5 nitrogen and oxygen atoms in total. The summed E-state index contributed by atoms with van der Waals surface area (Å²) in [5.74, 6) is 5.80. The molecule has 0 radical (unpaired) electrons. The SMILES string of the molecule is CC(C)(C(=NC1CCCCC1)NN)S(C)(=O)=O. The van der Waals surface area contributed by atoms with Gasteiger partial charge in [-0.15, -0.1) is 0 Å². The van der Waals surface area contributed by atoms with Gasteiger partial charge in [-0.3, -0.25) is 4.99 Å². The van der Waals surface area contributed by atoms with E-state index in [-0.39, 0.29) is 6.04 Å². The molecule has 0 aromatic rings. The summed E-state index contributed by atoms with van der Waals surface area (Å²) in [6.45, 7) is 3.26. The molecule has 17 heavy (non-hydrogen) atoms. The van der Waals surface area contributed by atoms with E-state index in [1.54, 1.807) is 13.8 Å². The molecule has 0 aromatic heterocycles. The molecular weight excluding hydrogens is 238 g/mol. The number of sulfone groups is 1. The molecule has 1 rings (SSSR count). The van der Waals surface area contributed by atoms with Crippen LogP contribution in [0.25, 0.3) is 0 Å². The molecule has 1 aliphatic rings. The lowest BCUT2D eigenvalue weighted by Crippen LogP contribution is -2.50. The summed E-state index contributed by atoms with van der Waals surface area (Å²) >= 11 is 0. The lowest BCUT2D eigenvalue weighted by molar-refractivity contribution is 0.440. The number of hydrogen-bond donors (Lipinski definition) is 2. The quantitative estimate of drug-likeness (QED) is 0.343. The van der Waals surface area contributed by atoms with Gasteiger partial charge in [-0.05, 0) is 26.7 Å². The Kier molecular flexibility index (Phi) is 4.55. The van der Waals surface area contributed by atoms with Crippen molar-refractivity contribution in [2.75, 3.05) is 6.26 Å². The van der Waals surface area contributed by atoms with Gasteiger partial charge < -0.3 is 5.43 Å². The van der Waals surface area contributed by atoms with Gasteiger partial charge in [-0.2, -0.15) is 0 Å². The normalized spacial score (nSPS) is 20.4. The summed E-state index contributed by atoms with van der Waals surface area (Å²) in [4.78, 5) is 4.49. The number of nitrogens with one attached hydrogen (secondary N) is 1. The fraction of sp³-hybridized carbons (Fsp3) is 0.909. The van der Waals surface area contributed by atoms with E-state index < -0.39 is 14.6 Å². The van der Waals surface area contributed by atoms with Crippen molar-refractivity contribution in [1.29, 1.82) is 0 Å². The third-order valence-corrected chi connectivity index (χ3v) is 5.57. The summed E-state index contributed by atoms with van der Waals surface area (Å²) in [6, 6.07) is 0.204. The maximum Gasteiger partial charge on any atom is 0.159 e. The Morgan fingerprint density at radius 1 is 1.29 bits per heavy atom. The largest absolute Gasteiger partial charge is 0.311 e. The topological polar surface area (TPSA) is 84.5 Å². The molecular formula is C11H23N3O2S. The molecule has 6 heteroatoms. The maximum absolute atomic E-state index is 11.7. The van der Waals surface area contributed by atoms with Crippen molar-refractivity contribution in [2.45, 2.75) is 56.7 Å². The van der Waals surface area contributed by atoms with E-state index in [2.05, 4.69) is 10.4 Å². The molecule has 100 valence electrons. The first kappa shape index (κ1) is 14.4. The predicted molar refractivity (Wildman–Crippen MR) is 70.6 cm³/mol. The fourth-order valence-corrected chi connectivity index (χ4v) is 2.40. The van der Waals surface area contributed by atoms with Crippen LogP contribution < -0.4 is 11.3 Å². The van der Waals surface area contributed by atoms with Gasteiger partial charge >= 0.3 is 0 Å². The molecule has 1 fully saturated rings. The molecule has 0 amide bonds. The van der Waals surface area contributed by atoms with E-state index in [0.29, 0.717) is 5.84 Å². The number of nitrogens with two attached hydrogens (primary N) is 1. The lowest BCUT2D eigenvalue weighted by atomic mass is 9.96. The summed E-state index contributed by atoms with van der Waals surface area (Å²) in [5, 5.41) is 0. The number of rotatable bonds is 3. The summed E-state index contributed by atoms with van der Waals surface area (Å²) in [7, 11) is -3.24. The third-order valence-electron chi connectivity index (χ3n) is 3.52. The predicted octanol–water partition coefficient (Wildman–Crippen LogP) is 1.00. The Morgan fingerprint density at radius 3 is 2.24 bits per heavy atom. The van der Waals surface area contributed by atoms with Crippen LogP contribution in [-0.4, -0.2) is 31.3 Å². The minimum Gasteiger partial charge on any atom is -0.311 e. The number of nitrogens with zero attached hydrogens (tertiary/aromatic N) is 1. The number of aliphatic imine (C=N–C) groups is 1. The van der Waals surface area contributed by atoms with Crippen molar-refractivity contribution in [1.82, 2.24) is 5.43 Å². The van der Waals surface area contributed by atoms with E-state index in [9.17, 15) is 8.42 Å². The molecule has 0 aliphatic heterocycles. The van der Waals surface area contributed by atoms with Crippen molar-refractivity contribution in [3.63, 3.8) is 0 Å². The van der Waals surface area contributed by atoms with Crippen LogP contribution in [0.5, 0.6) is 0 Å². The summed E-state index contributed by atoms with van der Waals surface area (Å²) in [6.07, 6.45) is 6.81. The zero-order valence-electron chi connectivity index (χ0n) is 10.9.